The molecule has 0 aliphatic rings. The third kappa shape index (κ3) is 4.89. The highest BCUT2D eigenvalue weighted by Gasteiger charge is 2.15. The van der Waals surface area contributed by atoms with Crippen LogP contribution in [0.1, 0.15) is 16.7 Å². The lowest BCUT2D eigenvalue weighted by atomic mass is 9.99. The molecular weight excluding hydrogens is 435 g/mol. The van der Waals surface area contributed by atoms with E-state index in [0.29, 0.717) is 34.9 Å². The Balaban J connectivity index is 1.63. The molecule has 0 saturated carbocycles. The van der Waals surface area contributed by atoms with Crippen LogP contribution in [0.4, 0.5) is 22.0 Å². The summed E-state index contributed by atoms with van der Waals surface area (Å²) < 4.78 is 75.4. The molecule has 0 heterocycles. The van der Waals surface area contributed by atoms with Crippen molar-refractivity contribution in [2.24, 2.45) is 0 Å². The highest BCUT2D eigenvalue weighted by molar-refractivity contribution is 5.84. The molecule has 0 spiro atoms. The first kappa shape index (κ1) is 22.5. The van der Waals surface area contributed by atoms with E-state index in [4.69, 9.17) is 4.74 Å². The Morgan fingerprint density at radius 1 is 0.667 bits per heavy atom. The van der Waals surface area contributed by atoms with Crippen LogP contribution in [0.3, 0.4) is 0 Å². The van der Waals surface area contributed by atoms with E-state index in [2.05, 4.69) is 11.8 Å². The number of ether oxygens (including phenoxy) is 1. The topological polar surface area (TPSA) is 9.23 Å². The van der Waals surface area contributed by atoms with Crippen molar-refractivity contribution in [2.45, 2.75) is 6.42 Å². The maximum absolute atomic E-state index is 14.6. The number of rotatable bonds is 4. The molecule has 166 valence electrons. The molecule has 0 N–H and O–H groups in total. The number of hydrogen-bond acceptors (Lipinski definition) is 1. The fourth-order valence-corrected chi connectivity index (χ4v) is 3.50. The van der Waals surface area contributed by atoms with E-state index >= 15 is 0 Å². The molecule has 0 aliphatic heterocycles. The molecule has 0 aromatic heterocycles. The zero-order valence-electron chi connectivity index (χ0n) is 17.5. The predicted octanol–water partition coefficient (Wildman–Crippen LogP) is 6.79. The number of hydrogen-bond donors (Lipinski definition) is 0. The van der Waals surface area contributed by atoms with Gasteiger partial charge in [0.15, 0.2) is 11.6 Å². The van der Waals surface area contributed by atoms with Crippen LogP contribution in [0, 0.1) is 40.9 Å². The van der Waals surface area contributed by atoms with Crippen LogP contribution in [0.25, 0.3) is 21.9 Å². The van der Waals surface area contributed by atoms with Crippen molar-refractivity contribution in [3.63, 3.8) is 0 Å². The smallest absolute Gasteiger partial charge is 0.159 e. The third-order valence-electron chi connectivity index (χ3n) is 5.18. The minimum atomic E-state index is -0.972. The van der Waals surface area contributed by atoms with Crippen molar-refractivity contribution < 1.29 is 26.7 Å². The standard InChI is InChI=1S/C27H17F5O/c1-33-9-8-17-11-25(31)27(26(32)12-17)20-7-6-18(22(28)14-20)4-2-16-3-5-19-13-23(29)24(30)15-21(19)10-16/h3,5-7,10-15H,8-9H2,1H3. The van der Waals surface area contributed by atoms with Gasteiger partial charge in [0, 0.05) is 12.7 Å². The Morgan fingerprint density at radius 3 is 2.03 bits per heavy atom. The summed E-state index contributed by atoms with van der Waals surface area (Å²) in [4.78, 5) is 0. The summed E-state index contributed by atoms with van der Waals surface area (Å²) in [6.07, 6.45) is 0.351. The summed E-state index contributed by atoms with van der Waals surface area (Å²) >= 11 is 0. The van der Waals surface area contributed by atoms with Gasteiger partial charge in [-0.3, -0.25) is 0 Å². The van der Waals surface area contributed by atoms with Crippen LogP contribution in [0.5, 0.6) is 0 Å². The molecule has 0 unspecified atom stereocenters. The van der Waals surface area contributed by atoms with Gasteiger partial charge in [0.25, 0.3) is 0 Å². The van der Waals surface area contributed by atoms with E-state index in [1.54, 1.807) is 18.2 Å². The summed E-state index contributed by atoms with van der Waals surface area (Å²) in [6, 6.07) is 13.1. The van der Waals surface area contributed by atoms with Crippen molar-refractivity contribution in [2.75, 3.05) is 13.7 Å². The highest BCUT2D eigenvalue weighted by Crippen LogP contribution is 2.29. The number of fused-ring (bicyclic) bond motifs is 1. The predicted molar refractivity (Wildman–Crippen MR) is 117 cm³/mol. The SMILES string of the molecule is COCCc1cc(F)c(-c2ccc(C#Cc3ccc4cc(F)c(F)cc4c3)c(F)c2)c(F)c1. The first-order chi connectivity index (χ1) is 15.9. The quantitative estimate of drug-likeness (QED) is 0.245. The zero-order valence-corrected chi connectivity index (χ0v) is 17.5. The van der Waals surface area contributed by atoms with Gasteiger partial charge in [-0.05, 0) is 76.9 Å². The Kier molecular flexibility index (Phi) is 6.43. The second kappa shape index (κ2) is 9.43. The van der Waals surface area contributed by atoms with E-state index in [0.717, 1.165) is 18.2 Å². The van der Waals surface area contributed by atoms with E-state index in [1.807, 2.05) is 0 Å². The van der Waals surface area contributed by atoms with Crippen LogP contribution in [0.2, 0.25) is 0 Å². The lowest BCUT2D eigenvalue weighted by Gasteiger charge is -2.09. The van der Waals surface area contributed by atoms with Gasteiger partial charge in [0.2, 0.25) is 0 Å². The monoisotopic (exact) mass is 452 g/mol. The van der Waals surface area contributed by atoms with E-state index < -0.39 is 29.1 Å². The molecule has 4 aromatic carbocycles. The van der Waals surface area contributed by atoms with Crippen molar-refractivity contribution in [3.8, 4) is 23.0 Å². The summed E-state index contributed by atoms with van der Waals surface area (Å²) in [5.74, 6) is 1.20. The average molecular weight is 452 g/mol. The molecule has 6 heteroatoms. The van der Waals surface area contributed by atoms with Gasteiger partial charge in [-0.1, -0.05) is 24.0 Å². The van der Waals surface area contributed by atoms with Gasteiger partial charge in [-0.15, -0.1) is 0 Å². The Labute approximate surface area is 187 Å². The van der Waals surface area contributed by atoms with Gasteiger partial charge in [-0.2, -0.15) is 0 Å². The first-order valence-electron chi connectivity index (χ1n) is 10.0. The van der Waals surface area contributed by atoms with Gasteiger partial charge < -0.3 is 4.74 Å². The lowest BCUT2D eigenvalue weighted by Crippen LogP contribution is -1.99. The zero-order chi connectivity index (χ0) is 23.5. The average Bonchev–Trinajstić information content (AvgIpc) is 2.77. The first-order valence-corrected chi connectivity index (χ1v) is 10.0. The molecule has 33 heavy (non-hydrogen) atoms. The molecule has 0 bridgehead atoms. The van der Waals surface area contributed by atoms with Gasteiger partial charge in [-0.25, -0.2) is 22.0 Å². The Hall–Kier alpha value is -3.69. The molecule has 0 saturated heterocycles. The summed E-state index contributed by atoms with van der Waals surface area (Å²) in [5, 5.41) is 0.962. The van der Waals surface area contributed by atoms with Gasteiger partial charge in [0.1, 0.15) is 17.5 Å². The fraction of sp³-hybridized carbons (Fsp3) is 0.111. The van der Waals surface area contributed by atoms with Gasteiger partial charge in [0.05, 0.1) is 17.7 Å². The van der Waals surface area contributed by atoms with Crippen LogP contribution >= 0.6 is 0 Å². The summed E-state index contributed by atoms with van der Waals surface area (Å²) in [6.45, 7) is 0.323. The Bertz CT molecular complexity index is 1390. The summed E-state index contributed by atoms with van der Waals surface area (Å²) in [7, 11) is 1.50. The normalized spacial score (nSPS) is 10.8. The van der Waals surface area contributed by atoms with Crippen LogP contribution < -0.4 is 0 Å². The fourth-order valence-electron chi connectivity index (χ4n) is 3.50. The number of benzene rings is 4. The molecule has 4 aromatic rings. The molecule has 1 nitrogen and oxygen atoms in total. The molecule has 0 amide bonds. The van der Waals surface area contributed by atoms with E-state index in [-0.39, 0.29) is 16.7 Å². The Morgan fingerprint density at radius 2 is 1.36 bits per heavy atom. The van der Waals surface area contributed by atoms with Crippen molar-refractivity contribution in [1.82, 2.24) is 0 Å². The summed E-state index contributed by atoms with van der Waals surface area (Å²) in [5.41, 5.74) is 0.673. The maximum Gasteiger partial charge on any atom is 0.159 e. The third-order valence-corrected chi connectivity index (χ3v) is 5.18. The van der Waals surface area contributed by atoms with Crippen molar-refractivity contribution in [1.29, 1.82) is 0 Å². The second-order valence-electron chi connectivity index (χ2n) is 7.45. The largest absolute Gasteiger partial charge is 0.384 e. The molecule has 0 radical (unpaired) electrons. The van der Waals surface area contributed by atoms with Crippen LogP contribution in [-0.2, 0) is 11.2 Å². The van der Waals surface area contributed by atoms with Crippen molar-refractivity contribution in [3.05, 3.63) is 106 Å². The van der Waals surface area contributed by atoms with Crippen LogP contribution in [0.15, 0.2) is 60.7 Å². The van der Waals surface area contributed by atoms with Gasteiger partial charge >= 0.3 is 0 Å². The molecule has 0 fully saturated rings. The molecule has 4 rings (SSSR count). The second-order valence-corrected chi connectivity index (χ2v) is 7.45. The van der Waals surface area contributed by atoms with E-state index in [1.165, 1.54) is 31.4 Å². The highest BCUT2D eigenvalue weighted by atomic mass is 19.2. The maximum atomic E-state index is 14.6. The minimum Gasteiger partial charge on any atom is -0.384 e. The molecule has 0 atom stereocenters. The molecular formula is C27H17F5O. The van der Waals surface area contributed by atoms with E-state index in [9.17, 15) is 22.0 Å². The molecule has 0 aliphatic carbocycles. The minimum absolute atomic E-state index is 0.0293. The van der Waals surface area contributed by atoms with Crippen LogP contribution in [-0.4, -0.2) is 13.7 Å². The van der Waals surface area contributed by atoms with Crippen molar-refractivity contribution >= 4 is 10.8 Å². The lowest BCUT2D eigenvalue weighted by molar-refractivity contribution is 0.202. The number of halogens is 5. The number of methoxy groups -OCH3 is 1.